The van der Waals surface area contributed by atoms with Gasteiger partial charge in [-0.3, -0.25) is 0 Å². The number of rotatable bonds is 2. The molecule has 1 heterocycles. The number of hydrogen-bond donors (Lipinski definition) is 1. The molecule has 1 fully saturated rings. The largest absolute Gasteiger partial charge is 0.368 e. The van der Waals surface area contributed by atoms with Crippen molar-refractivity contribution >= 4 is 5.95 Å². The van der Waals surface area contributed by atoms with Gasteiger partial charge in [0.2, 0.25) is 5.95 Å². The van der Waals surface area contributed by atoms with Gasteiger partial charge in [0, 0.05) is 11.5 Å². The van der Waals surface area contributed by atoms with E-state index >= 15 is 0 Å². The lowest BCUT2D eigenvalue weighted by Crippen LogP contribution is -2.08. The highest BCUT2D eigenvalue weighted by Gasteiger charge is 2.21. The average Bonchev–Trinajstić information content (AvgIpc) is 2.91. The van der Waals surface area contributed by atoms with E-state index in [9.17, 15) is 4.39 Å². The van der Waals surface area contributed by atoms with Crippen molar-refractivity contribution in [3.05, 3.63) is 35.4 Å². The Balaban J connectivity index is 2.04. The van der Waals surface area contributed by atoms with Crippen LogP contribution in [0.4, 0.5) is 10.3 Å². The first kappa shape index (κ1) is 13.0. The van der Waals surface area contributed by atoms with Crippen LogP contribution in [0.2, 0.25) is 0 Å². The molecule has 4 nitrogen and oxygen atoms in total. The van der Waals surface area contributed by atoms with Gasteiger partial charge < -0.3 is 5.73 Å². The minimum absolute atomic E-state index is 0.237. The summed E-state index contributed by atoms with van der Waals surface area (Å²) >= 11 is 0. The van der Waals surface area contributed by atoms with Gasteiger partial charge in [0.15, 0.2) is 5.82 Å². The van der Waals surface area contributed by atoms with Crippen LogP contribution in [0.25, 0.3) is 11.4 Å². The Labute approximate surface area is 117 Å². The lowest BCUT2D eigenvalue weighted by Gasteiger charge is -2.11. The van der Waals surface area contributed by atoms with Crippen LogP contribution in [0.5, 0.6) is 0 Å². The second-order valence-electron chi connectivity index (χ2n) is 5.32. The smallest absolute Gasteiger partial charge is 0.223 e. The number of halogens is 1. The van der Waals surface area contributed by atoms with Gasteiger partial charge in [-0.25, -0.2) is 9.37 Å². The molecule has 104 valence electrons. The van der Waals surface area contributed by atoms with Gasteiger partial charge in [0.1, 0.15) is 11.6 Å². The van der Waals surface area contributed by atoms with E-state index in [-0.39, 0.29) is 11.8 Å². The standard InChI is InChI=1S/C15H17FN4/c1-9-8-11(16)6-7-12(9)14-18-13(19-15(17)20-14)10-4-2-3-5-10/h6-8,10H,2-5H2,1H3,(H2,17,18,19,20). The van der Waals surface area contributed by atoms with Crippen molar-refractivity contribution in [1.82, 2.24) is 15.0 Å². The zero-order chi connectivity index (χ0) is 14.1. The first-order valence-electron chi connectivity index (χ1n) is 6.91. The molecule has 0 bridgehead atoms. The van der Waals surface area contributed by atoms with Gasteiger partial charge in [0.25, 0.3) is 0 Å². The second kappa shape index (κ2) is 5.15. The zero-order valence-corrected chi connectivity index (χ0v) is 11.4. The van der Waals surface area contributed by atoms with Gasteiger partial charge in [-0.05, 0) is 43.5 Å². The summed E-state index contributed by atoms with van der Waals surface area (Å²) in [6.45, 7) is 1.84. The van der Waals surface area contributed by atoms with Crippen molar-refractivity contribution in [2.24, 2.45) is 0 Å². The predicted octanol–water partition coefficient (Wildman–Crippen LogP) is 3.23. The molecule has 2 aromatic rings. The lowest BCUT2D eigenvalue weighted by molar-refractivity contribution is 0.626. The molecule has 1 aromatic heterocycles. The van der Waals surface area contributed by atoms with E-state index in [1.54, 1.807) is 6.07 Å². The Morgan fingerprint density at radius 1 is 1.15 bits per heavy atom. The Bertz CT molecular complexity index is 636. The van der Waals surface area contributed by atoms with Crippen LogP contribution in [0.1, 0.15) is 43.0 Å². The molecule has 2 N–H and O–H groups in total. The molecule has 3 rings (SSSR count). The normalized spacial score (nSPS) is 15.7. The van der Waals surface area contributed by atoms with E-state index in [1.807, 2.05) is 6.92 Å². The van der Waals surface area contributed by atoms with E-state index in [0.717, 1.165) is 29.8 Å². The fourth-order valence-corrected chi connectivity index (χ4v) is 2.77. The second-order valence-corrected chi connectivity index (χ2v) is 5.32. The highest BCUT2D eigenvalue weighted by Crippen LogP contribution is 2.33. The molecule has 1 aromatic carbocycles. The molecule has 1 aliphatic carbocycles. The molecule has 0 amide bonds. The third kappa shape index (κ3) is 2.48. The molecular formula is C15H17FN4. The fraction of sp³-hybridized carbons (Fsp3) is 0.400. The van der Waals surface area contributed by atoms with Crippen molar-refractivity contribution in [3.63, 3.8) is 0 Å². The molecular weight excluding hydrogens is 255 g/mol. The monoisotopic (exact) mass is 272 g/mol. The number of nitrogen functional groups attached to an aromatic ring is 1. The van der Waals surface area contributed by atoms with Crippen molar-refractivity contribution in [2.75, 3.05) is 5.73 Å². The maximum atomic E-state index is 13.2. The number of anilines is 1. The number of benzene rings is 1. The van der Waals surface area contributed by atoms with Crippen molar-refractivity contribution in [2.45, 2.75) is 38.5 Å². The third-order valence-electron chi connectivity index (χ3n) is 3.82. The van der Waals surface area contributed by atoms with E-state index in [4.69, 9.17) is 5.73 Å². The third-order valence-corrected chi connectivity index (χ3v) is 3.82. The van der Waals surface area contributed by atoms with E-state index in [1.165, 1.54) is 25.0 Å². The van der Waals surface area contributed by atoms with Crippen LogP contribution in [0, 0.1) is 12.7 Å². The Morgan fingerprint density at radius 3 is 2.60 bits per heavy atom. The number of nitrogens with two attached hydrogens (primary N) is 1. The maximum absolute atomic E-state index is 13.2. The summed E-state index contributed by atoms with van der Waals surface area (Å²) in [7, 11) is 0. The number of aromatic nitrogens is 3. The van der Waals surface area contributed by atoms with E-state index in [2.05, 4.69) is 15.0 Å². The number of hydrogen-bond acceptors (Lipinski definition) is 4. The SMILES string of the molecule is Cc1cc(F)ccc1-c1nc(N)nc(C2CCCC2)n1. The molecule has 20 heavy (non-hydrogen) atoms. The quantitative estimate of drug-likeness (QED) is 0.911. The first-order valence-corrected chi connectivity index (χ1v) is 6.91. The summed E-state index contributed by atoms with van der Waals surface area (Å²) in [6.07, 6.45) is 4.62. The average molecular weight is 272 g/mol. The van der Waals surface area contributed by atoms with Gasteiger partial charge in [-0.2, -0.15) is 9.97 Å². The van der Waals surface area contributed by atoms with Crippen molar-refractivity contribution in [1.29, 1.82) is 0 Å². The molecule has 0 radical (unpaired) electrons. The molecule has 0 saturated heterocycles. The Kier molecular flexibility index (Phi) is 3.34. The zero-order valence-electron chi connectivity index (χ0n) is 11.4. The first-order chi connectivity index (χ1) is 9.63. The predicted molar refractivity (Wildman–Crippen MR) is 75.6 cm³/mol. The van der Waals surface area contributed by atoms with Gasteiger partial charge >= 0.3 is 0 Å². The minimum Gasteiger partial charge on any atom is -0.368 e. The highest BCUT2D eigenvalue weighted by atomic mass is 19.1. The van der Waals surface area contributed by atoms with E-state index < -0.39 is 0 Å². The summed E-state index contributed by atoms with van der Waals surface area (Å²) < 4.78 is 13.2. The summed E-state index contributed by atoms with van der Waals surface area (Å²) in [6, 6.07) is 4.58. The Hall–Kier alpha value is -2.04. The summed E-state index contributed by atoms with van der Waals surface area (Å²) in [5, 5.41) is 0. The lowest BCUT2D eigenvalue weighted by atomic mass is 10.1. The summed E-state index contributed by atoms with van der Waals surface area (Å²) in [5.41, 5.74) is 7.41. The molecule has 0 atom stereocenters. The molecule has 5 heteroatoms. The summed E-state index contributed by atoms with van der Waals surface area (Å²) in [4.78, 5) is 13.0. The molecule has 0 spiro atoms. The minimum atomic E-state index is -0.260. The molecule has 0 aliphatic heterocycles. The number of nitrogens with zero attached hydrogens (tertiary/aromatic N) is 3. The fourth-order valence-electron chi connectivity index (χ4n) is 2.77. The summed E-state index contributed by atoms with van der Waals surface area (Å²) in [5.74, 6) is 1.66. The van der Waals surface area contributed by atoms with Crippen LogP contribution in [-0.2, 0) is 0 Å². The van der Waals surface area contributed by atoms with Crippen LogP contribution in [0.3, 0.4) is 0 Å². The van der Waals surface area contributed by atoms with E-state index in [0.29, 0.717) is 11.7 Å². The van der Waals surface area contributed by atoms with Crippen LogP contribution >= 0.6 is 0 Å². The van der Waals surface area contributed by atoms with Crippen LogP contribution in [-0.4, -0.2) is 15.0 Å². The highest BCUT2D eigenvalue weighted by molar-refractivity contribution is 5.60. The van der Waals surface area contributed by atoms with Crippen LogP contribution < -0.4 is 5.73 Å². The van der Waals surface area contributed by atoms with Crippen molar-refractivity contribution < 1.29 is 4.39 Å². The maximum Gasteiger partial charge on any atom is 0.223 e. The Morgan fingerprint density at radius 2 is 1.90 bits per heavy atom. The van der Waals surface area contributed by atoms with Crippen molar-refractivity contribution in [3.8, 4) is 11.4 Å². The number of aryl methyl sites for hydroxylation is 1. The van der Waals surface area contributed by atoms with Gasteiger partial charge in [-0.1, -0.05) is 12.8 Å². The topological polar surface area (TPSA) is 64.7 Å². The molecule has 1 aliphatic rings. The molecule has 0 unspecified atom stereocenters. The molecule has 1 saturated carbocycles. The van der Waals surface area contributed by atoms with Crippen LogP contribution in [0.15, 0.2) is 18.2 Å². The van der Waals surface area contributed by atoms with Gasteiger partial charge in [0.05, 0.1) is 0 Å². The van der Waals surface area contributed by atoms with Gasteiger partial charge in [-0.15, -0.1) is 0 Å².